The fourth-order valence-corrected chi connectivity index (χ4v) is 3.78. The van der Waals surface area contributed by atoms with E-state index in [1.165, 1.54) is 0 Å². The van der Waals surface area contributed by atoms with E-state index in [4.69, 9.17) is 11.6 Å². The van der Waals surface area contributed by atoms with E-state index in [2.05, 4.69) is 10.6 Å². The van der Waals surface area contributed by atoms with Crippen LogP contribution in [0.15, 0.2) is 95.7 Å². The Balaban J connectivity index is 1.47. The summed E-state index contributed by atoms with van der Waals surface area (Å²) in [5.41, 5.74) is 2.69. The average Bonchev–Trinajstić information content (AvgIpc) is 3.04. The predicted octanol–water partition coefficient (Wildman–Crippen LogP) is 4.61. The van der Waals surface area contributed by atoms with Gasteiger partial charge in [-0.15, -0.1) is 0 Å². The number of nitrogens with one attached hydrogen (secondary N) is 2. The van der Waals surface area contributed by atoms with Crippen molar-refractivity contribution in [1.29, 1.82) is 0 Å². The molecule has 1 atom stereocenters. The number of amides is 3. The van der Waals surface area contributed by atoms with Crippen molar-refractivity contribution in [2.24, 2.45) is 0 Å². The lowest BCUT2D eigenvalue weighted by Crippen LogP contribution is -2.31. The van der Waals surface area contributed by atoms with Gasteiger partial charge >= 0.3 is 0 Å². The Labute approximate surface area is 196 Å². The van der Waals surface area contributed by atoms with Crippen LogP contribution >= 0.6 is 11.6 Å². The molecule has 1 aliphatic heterocycles. The van der Waals surface area contributed by atoms with Crippen molar-refractivity contribution in [2.75, 3.05) is 5.32 Å². The van der Waals surface area contributed by atoms with E-state index in [-0.39, 0.29) is 29.2 Å². The van der Waals surface area contributed by atoms with Crippen LogP contribution in [0.3, 0.4) is 0 Å². The summed E-state index contributed by atoms with van der Waals surface area (Å²) in [5.74, 6) is -1.32. The average molecular weight is 460 g/mol. The van der Waals surface area contributed by atoms with Crippen LogP contribution in [0.2, 0.25) is 0 Å². The van der Waals surface area contributed by atoms with Gasteiger partial charge in [0.15, 0.2) is 0 Å². The lowest BCUT2D eigenvalue weighted by molar-refractivity contribution is -0.138. The number of hydrogen-bond acceptors (Lipinski definition) is 4. The zero-order valence-corrected chi connectivity index (χ0v) is 18.7. The Hall–Kier alpha value is -3.90. The highest BCUT2D eigenvalue weighted by Crippen LogP contribution is 2.27. The highest BCUT2D eigenvalue weighted by Gasteiger charge is 2.37. The van der Waals surface area contributed by atoms with Crippen LogP contribution in [-0.4, -0.2) is 22.6 Å². The van der Waals surface area contributed by atoms with Gasteiger partial charge in [0.05, 0.1) is 12.6 Å². The Morgan fingerprint density at radius 2 is 1.58 bits per heavy atom. The summed E-state index contributed by atoms with van der Waals surface area (Å²) >= 11 is 6.20. The van der Waals surface area contributed by atoms with E-state index < -0.39 is 11.8 Å². The highest BCUT2D eigenvalue weighted by molar-refractivity contribution is 6.48. The van der Waals surface area contributed by atoms with E-state index >= 15 is 0 Å². The van der Waals surface area contributed by atoms with Crippen molar-refractivity contribution in [2.45, 2.75) is 19.5 Å². The van der Waals surface area contributed by atoms with Crippen molar-refractivity contribution >= 4 is 35.0 Å². The minimum atomic E-state index is -0.557. The van der Waals surface area contributed by atoms with Crippen LogP contribution in [0.4, 0.5) is 5.69 Å². The second-order valence-corrected chi connectivity index (χ2v) is 8.06. The fraction of sp³-hybridized carbons (Fsp3) is 0.115. The maximum Gasteiger partial charge on any atom is 0.279 e. The second-order valence-electron chi connectivity index (χ2n) is 7.68. The zero-order chi connectivity index (χ0) is 23.4. The number of halogens is 1. The Kier molecular flexibility index (Phi) is 6.56. The number of imide groups is 1. The number of benzene rings is 3. The van der Waals surface area contributed by atoms with Gasteiger partial charge in [-0.05, 0) is 36.2 Å². The highest BCUT2D eigenvalue weighted by atomic mass is 35.5. The maximum absolute atomic E-state index is 12.9. The molecule has 1 heterocycles. The van der Waals surface area contributed by atoms with Crippen molar-refractivity contribution in [3.63, 3.8) is 0 Å². The molecule has 0 saturated heterocycles. The number of nitrogens with zero attached hydrogens (tertiary/aromatic N) is 1. The Bertz CT molecular complexity index is 1230. The number of hydrogen-bond donors (Lipinski definition) is 2. The first-order chi connectivity index (χ1) is 15.9. The molecule has 3 amide bonds. The molecule has 3 aromatic rings. The fourth-order valence-electron chi connectivity index (χ4n) is 3.55. The predicted molar refractivity (Wildman–Crippen MR) is 127 cm³/mol. The molecule has 33 heavy (non-hydrogen) atoms. The zero-order valence-electron chi connectivity index (χ0n) is 17.9. The summed E-state index contributed by atoms with van der Waals surface area (Å²) in [7, 11) is 0. The summed E-state index contributed by atoms with van der Waals surface area (Å²) in [4.78, 5) is 39.3. The van der Waals surface area contributed by atoms with Crippen molar-refractivity contribution in [3.05, 3.63) is 112 Å². The maximum atomic E-state index is 12.9. The molecule has 4 rings (SSSR count). The topological polar surface area (TPSA) is 78.5 Å². The van der Waals surface area contributed by atoms with E-state index in [0.29, 0.717) is 11.3 Å². The number of carbonyl (C=O) groups is 3. The lowest BCUT2D eigenvalue weighted by Gasteiger charge is -2.16. The molecular weight excluding hydrogens is 438 g/mol. The molecule has 7 heteroatoms. The van der Waals surface area contributed by atoms with Gasteiger partial charge < -0.3 is 10.6 Å². The van der Waals surface area contributed by atoms with Gasteiger partial charge in [-0.25, -0.2) is 0 Å². The van der Waals surface area contributed by atoms with E-state index in [9.17, 15) is 14.4 Å². The summed E-state index contributed by atoms with van der Waals surface area (Å²) in [6.45, 7) is 2.03. The molecule has 2 N–H and O–H groups in total. The Morgan fingerprint density at radius 3 is 2.27 bits per heavy atom. The molecule has 0 aliphatic carbocycles. The van der Waals surface area contributed by atoms with E-state index in [0.717, 1.165) is 16.0 Å². The number of anilines is 1. The van der Waals surface area contributed by atoms with Gasteiger partial charge in [0, 0.05) is 11.3 Å². The van der Waals surface area contributed by atoms with Crippen LogP contribution in [0, 0.1) is 0 Å². The van der Waals surface area contributed by atoms with Crippen LogP contribution in [-0.2, 0) is 16.1 Å². The molecule has 1 aliphatic rings. The largest absolute Gasteiger partial charge is 0.350 e. The Morgan fingerprint density at radius 1 is 0.909 bits per heavy atom. The van der Waals surface area contributed by atoms with Crippen LogP contribution in [0.5, 0.6) is 0 Å². The number of rotatable bonds is 7. The number of carbonyl (C=O) groups excluding carboxylic acids is 3. The molecule has 0 fully saturated rings. The van der Waals surface area contributed by atoms with Crippen LogP contribution in [0.25, 0.3) is 0 Å². The first-order valence-corrected chi connectivity index (χ1v) is 10.8. The molecule has 6 nitrogen and oxygen atoms in total. The summed E-state index contributed by atoms with van der Waals surface area (Å²) in [5, 5.41) is 5.70. The molecule has 3 aromatic carbocycles. The molecular formula is C26H22ClN3O3. The third-order valence-corrected chi connectivity index (χ3v) is 5.69. The van der Waals surface area contributed by atoms with E-state index in [1.54, 1.807) is 24.3 Å². The molecule has 166 valence electrons. The van der Waals surface area contributed by atoms with Gasteiger partial charge in [0.2, 0.25) is 0 Å². The van der Waals surface area contributed by atoms with E-state index in [1.807, 2.05) is 67.6 Å². The molecule has 0 saturated carbocycles. The normalized spacial score (nSPS) is 14.4. The quantitative estimate of drug-likeness (QED) is 0.506. The van der Waals surface area contributed by atoms with Crippen LogP contribution < -0.4 is 10.6 Å². The molecule has 1 unspecified atom stereocenters. The van der Waals surface area contributed by atoms with Crippen molar-refractivity contribution in [3.8, 4) is 0 Å². The summed E-state index contributed by atoms with van der Waals surface area (Å²) in [6.07, 6.45) is 0. The smallest absolute Gasteiger partial charge is 0.279 e. The van der Waals surface area contributed by atoms with Crippen molar-refractivity contribution < 1.29 is 14.4 Å². The molecule has 0 bridgehead atoms. The lowest BCUT2D eigenvalue weighted by atomic mass is 10.1. The van der Waals surface area contributed by atoms with Gasteiger partial charge in [0.25, 0.3) is 17.7 Å². The first-order valence-electron chi connectivity index (χ1n) is 10.5. The SMILES string of the molecule is CC(NC(=O)c1cccc(NC2=C(Cl)C(=O)N(Cc3ccccc3)C2=O)c1)c1ccccc1. The van der Waals surface area contributed by atoms with Crippen LogP contribution in [0.1, 0.15) is 34.5 Å². The molecule has 0 aromatic heterocycles. The summed E-state index contributed by atoms with van der Waals surface area (Å²) < 4.78 is 0. The molecule has 0 spiro atoms. The third-order valence-electron chi connectivity index (χ3n) is 5.34. The van der Waals surface area contributed by atoms with Gasteiger partial charge in [-0.1, -0.05) is 78.3 Å². The molecule has 0 radical (unpaired) electrons. The summed E-state index contributed by atoms with van der Waals surface area (Å²) in [6, 6.07) is 25.4. The first kappa shape index (κ1) is 22.3. The van der Waals surface area contributed by atoms with Gasteiger partial charge in [-0.2, -0.15) is 0 Å². The second kappa shape index (κ2) is 9.71. The monoisotopic (exact) mass is 459 g/mol. The standard InChI is InChI=1S/C26H22ClN3O3/c1-17(19-11-6-3-7-12-19)28-24(31)20-13-8-14-21(15-20)29-23-22(27)25(32)30(26(23)33)16-18-9-4-2-5-10-18/h2-15,17,29H,16H2,1H3,(H,28,31). The minimum Gasteiger partial charge on any atom is -0.350 e. The van der Waals surface area contributed by atoms with Crippen molar-refractivity contribution in [1.82, 2.24) is 10.2 Å². The van der Waals surface area contributed by atoms with Gasteiger partial charge in [0.1, 0.15) is 10.7 Å². The minimum absolute atomic E-state index is 0.00666. The third kappa shape index (κ3) is 4.96. The van der Waals surface area contributed by atoms with Gasteiger partial charge in [-0.3, -0.25) is 19.3 Å².